The van der Waals surface area contributed by atoms with Gasteiger partial charge < -0.3 is 0 Å². The third kappa shape index (κ3) is 6.98. The smallest absolute Gasteiger partial charge is 0.152 e. The van der Waals surface area contributed by atoms with Gasteiger partial charge in [0.2, 0.25) is 0 Å². The summed E-state index contributed by atoms with van der Waals surface area (Å²) in [6.45, 7) is 17.7. The lowest BCUT2D eigenvalue weighted by Gasteiger charge is -2.39. The summed E-state index contributed by atoms with van der Waals surface area (Å²) in [5.74, 6) is 1.25. The van der Waals surface area contributed by atoms with E-state index in [1.165, 1.54) is 6.42 Å². The van der Waals surface area contributed by atoms with E-state index in [4.69, 9.17) is 0 Å². The minimum Gasteiger partial charge on any atom is -0.295 e. The van der Waals surface area contributed by atoms with Crippen molar-refractivity contribution in [1.82, 2.24) is 0 Å². The molecule has 106 valence electrons. The Morgan fingerprint density at radius 2 is 1.61 bits per heavy atom. The zero-order valence-corrected chi connectivity index (χ0v) is 13.6. The molecular weight excluding hydrogens is 220 g/mol. The highest BCUT2D eigenvalue weighted by Gasteiger charge is 2.33. The predicted molar refractivity (Wildman–Crippen MR) is 80.6 cm³/mol. The number of ketones is 1. The highest BCUT2D eigenvalue weighted by Crippen LogP contribution is 2.42. The second-order valence-electron chi connectivity index (χ2n) is 7.78. The summed E-state index contributed by atoms with van der Waals surface area (Å²) >= 11 is 0. The van der Waals surface area contributed by atoms with Gasteiger partial charge in [-0.2, -0.15) is 0 Å². The standard InChI is InChI=1S/C17H32O/c1-9-14(11-10-13(2)18)15(17(6,7)8)12-16(3,4)5/h10-11,14-15H,9,12H2,1-8H3/b11-10-. The van der Waals surface area contributed by atoms with E-state index in [1.54, 1.807) is 13.0 Å². The molecule has 0 fully saturated rings. The first kappa shape index (κ1) is 17.4. The second-order valence-corrected chi connectivity index (χ2v) is 7.78. The molecule has 0 spiro atoms. The molecule has 1 heteroatoms. The van der Waals surface area contributed by atoms with E-state index in [9.17, 15) is 4.79 Å². The Labute approximate surface area is 114 Å². The van der Waals surface area contributed by atoms with E-state index in [0.29, 0.717) is 17.3 Å². The molecular formula is C17H32O. The average molecular weight is 252 g/mol. The van der Waals surface area contributed by atoms with Crippen LogP contribution in [0.3, 0.4) is 0 Å². The van der Waals surface area contributed by atoms with Gasteiger partial charge in [-0.05, 0) is 48.5 Å². The second kappa shape index (κ2) is 6.54. The highest BCUT2D eigenvalue weighted by molar-refractivity contribution is 5.87. The first-order chi connectivity index (χ1) is 7.97. The van der Waals surface area contributed by atoms with E-state index in [2.05, 4.69) is 54.5 Å². The van der Waals surface area contributed by atoms with Crippen LogP contribution in [-0.2, 0) is 4.79 Å². The molecule has 2 atom stereocenters. The Kier molecular flexibility index (Phi) is 6.33. The van der Waals surface area contributed by atoms with E-state index >= 15 is 0 Å². The zero-order valence-electron chi connectivity index (χ0n) is 13.6. The maximum absolute atomic E-state index is 11.1. The van der Waals surface area contributed by atoms with Crippen molar-refractivity contribution in [2.75, 3.05) is 0 Å². The van der Waals surface area contributed by atoms with Crippen molar-refractivity contribution >= 4 is 5.78 Å². The van der Waals surface area contributed by atoms with Crippen LogP contribution in [0, 0.1) is 22.7 Å². The molecule has 0 aliphatic carbocycles. The minimum atomic E-state index is 0.150. The van der Waals surface area contributed by atoms with Gasteiger partial charge in [-0.25, -0.2) is 0 Å². The third-order valence-corrected chi connectivity index (χ3v) is 3.51. The molecule has 0 aliphatic rings. The van der Waals surface area contributed by atoms with E-state index < -0.39 is 0 Å². The summed E-state index contributed by atoms with van der Waals surface area (Å²) < 4.78 is 0. The molecule has 0 rings (SSSR count). The first-order valence-corrected chi connectivity index (χ1v) is 7.16. The SMILES string of the molecule is CCC(/C=C\C(C)=O)C(CC(C)(C)C)C(C)(C)C. The third-order valence-electron chi connectivity index (χ3n) is 3.51. The largest absolute Gasteiger partial charge is 0.295 e. The lowest BCUT2D eigenvalue weighted by atomic mass is 9.66. The van der Waals surface area contributed by atoms with Gasteiger partial charge >= 0.3 is 0 Å². The number of rotatable bonds is 5. The number of hydrogen-bond acceptors (Lipinski definition) is 1. The Morgan fingerprint density at radius 1 is 1.11 bits per heavy atom. The first-order valence-electron chi connectivity index (χ1n) is 7.16. The number of hydrogen-bond donors (Lipinski definition) is 0. The van der Waals surface area contributed by atoms with Crippen LogP contribution in [0.1, 0.15) is 68.2 Å². The summed E-state index contributed by atoms with van der Waals surface area (Å²) in [7, 11) is 0. The van der Waals surface area contributed by atoms with Crippen LogP contribution in [0.5, 0.6) is 0 Å². The molecule has 0 bridgehead atoms. The summed E-state index contributed by atoms with van der Waals surface area (Å²) in [5.41, 5.74) is 0.602. The monoisotopic (exact) mass is 252 g/mol. The van der Waals surface area contributed by atoms with Gasteiger partial charge in [-0.1, -0.05) is 54.5 Å². The van der Waals surface area contributed by atoms with Crippen molar-refractivity contribution in [2.24, 2.45) is 22.7 Å². The van der Waals surface area contributed by atoms with Crippen LogP contribution in [0.2, 0.25) is 0 Å². The molecule has 0 saturated carbocycles. The van der Waals surface area contributed by atoms with Crippen LogP contribution >= 0.6 is 0 Å². The molecule has 0 aromatic heterocycles. The summed E-state index contributed by atoms with van der Waals surface area (Å²) in [6.07, 6.45) is 6.17. The van der Waals surface area contributed by atoms with Crippen molar-refractivity contribution in [2.45, 2.75) is 68.2 Å². The predicted octanol–water partition coefficient (Wildman–Crippen LogP) is 5.26. The summed E-state index contributed by atoms with van der Waals surface area (Å²) in [6, 6.07) is 0. The van der Waals surface area contributed by atoms with Gasteiger partial charge in [0.25, 0.3) is 0 Å². The Bertz CT molecular complexity index is 286. The van der Waals surface area contributed by atoms with Crippen LogP contribution in [0.25, 0.3) is 0 Å². The van der Waals surface area contributed by atoms with Crippen LogP contribution in [0.4, 0.5) is 0 Å². The molecule has 0 aromatic carbocycles. The van der Waals surface area contributed by atoms with Gasteiger partial charge in [-0.3, -0.25) is 4.79 Å². The van der Waals surface area contributed by atoms with Crippen molar-refractivity contribution in [3.63, 3.8) is 0 Å². The Morgan fingerprint density at radius 3 is 1.89 bits per heavy atom. The van der Waals surface area contributed by atoms with Crippen LogP contribution < -0.4 is 0 Å². The number of allylic oxidation sites excluding steroid dienone is 2. The average Bonchev–Trinajstić information content (AvgIpc) is 2.13. The van der Waals surface area contributed by atoms with Crippen molar-refractivity contribution in [3.8, 4) is 0 Å². The van der Waals surface area contributed by atoms with E-state index in [1.807, 2.05) is 0 Å². The molecule has 18 heavy (non-hydrogen) atoms. The van der Waals surface area contributed by atoms with Crippen molar-refractivity contribution in [1.29, 1.82) is 0 Å². The topological polar surface area (TPSA) is 17.1 Å². The van der Waals surface area contributed by atoms with Crippen molar-refractivity contribution < 1.29 is 4.79 Å². The van der Waals surface area contributed by atoms with Gasteiger partial charge in [0.15, 0.2) is 5.78 Å². The van der Waals surface area contributed by atoms with Crippen LogP contribution in [-0.4, -0.2) is 5.78 Å². The Balaban J connectivity index is 5.09. The molecule has 0 amide bonds. The maximum Gasteiger partial charge on any atom is 0.152 e. The zero-order chi connectivity index (χ0) is 14.6. The van der Waals surface area contributed by atoms with Gasteiger partial charge in [0.1, 0.15) is 0 Å². The summed E-state index contributed by atoms with van der Waals surface area (Å²) in [5, 5.41) is 0. The maximum atomic E-state index is 11.1. The quantitative estimate of drug-likeness (QED) is 0.610. The molecule has 0 radical (unpaired) electrons. The fourth-order valence-corrected chi connectivity index (χ4v) is 2.57. The van der Waals surface area contributed by atoms with Gasteiger partial charge in [0, 0.05) is 0 Å². The molecule has 0 aromatic rings. The molecule has 0 saturated heterocycles. The molecule has 0 N–H and O–H groups in total. The highest BCUT2D eigenvalue weighted by atomic mass is 16.1. The minimum absolute atomic E-state index is 0.150. The molecule has 0 aliphatic heterocycles. The van der Waals surface area contributed by atoms with Gasteiger partial charge in [0.05, 0.1) is 0 Å². The lowest BCUT2D eigenvalue weighted by Crippen LogP contribution is -2.31. The Hall–Kier alpha value is -0.590. The molecule has 0 heterocycles. The summed E-state index contributed by atoms with van der Waals surface area (Å²) in [4.78, 5) is 11.1. The van der Waals surface area contributed by atoms with E-state index in [-0.39, 0.29) is 11.2 Å². The fourth-order valence-electron chi connectivity index (χ4n) is 2.57. The number of carbonyl (C=O) groups excluding carboxylic acids is 1. The van der Waals surface area contributed by atoms with E-state index in [0.717, 1.165) is 6.42 Å². The van der Waals surface area contributed by atoms with Crippen LogP contribution in [0.15, 0.2) is 12.2 Å². The fraction of sp³-hybridized carbons (Fsp3) is 0.824. The lowest BCUT2D eigenvalue weighted by molar-refractivity contribution is -0.112. The number of carbonyl (C=O) groups is 1. The molecule has 2 unspecified atom stereocenters. The molecule has 1 nitrogen and oxygen atoms in total. The van der Waals surface area contributed by atoms with Crippen molar-refractivity contribution in [3.05, 3.63) is 12.2 Å². The van der Waals surface area contributed by atoms with Gasteiger partial charge in [-0.15, -0.1) is 0 Å². The normalized spacial score (nSPS) is 16.9.